The average molecular weight is 289 g/mol. The van der Waals surface area contributed by atoms with Gasteiger partial charge in [-0.05, 0) is 31.0 Å². The Labute approximate surface area is 120 Å². The minimum Gasteiger partial charge on any atom is -0.452 e. The number of aromatic nitrogens is 2. The molecule has 0 spiro atoms. The normalized spacial score (nSPS) is 13.9. The summed E-state index contributed by atoms with van der Waals surface area (Å²) in [5.74, 6) is -0.258. The van der Waals surface area contributed by atoms with Crippen LogP contribution >= 0.6 is 0 Å². The monoisotopic (exact) mass is 289 g/mol. The highest BCUT2D eigenvalue weighted by Crippen LogP contribution is 2.18. The molecule has 7 nitrogen and oxygen atoms in total. The van der Waals surface area contributed by atoms with Crippen LogP contribution in [0.1, 0.15) is 29.2 Å². The van der Waals surface area contributed by atoms with Crippen molar-refractivity contribution in [3.8, 4) is 0 Å². The van der Waals surface area contributed by atoms with Gasteiger partial charge in [-0.3, -0.25) is 9.48 Å². The SMILES string of the molecule is O=C(COC(=O)c1ccc(Cn2cccn2)o1)NC1CC1. The average Bonchev–Trinajstić information content (AvgIpc) is 2.94. The van der Waals surface area contributed by atoms with Gasteiger partial charge in [-0.1, -0.05) is 0 Å². The highest BCUT2D eigenvalue weighted by molar-refractivity contribution is 5.88. The number of esters is 1. The Hall–Kier alpha value is -2.57. The van der Waals surface area contributed by atoms with Gasteiger partial charge in [0.25, 0.3) is 5.91 Å². The molecule has 0 unspecified atom stereocenters. The van der Waals surface area contributed by atoms with Crippen LogP contribution in [0, 0.1) is 0 Å². The van der Waals surface area contributed by atoms with Gasteiger partial charge < -0.3 is 14.5 Å². The van der Waals surface area contributed by atoms with Crippen molar-refractivity contribution in [2.45, 2.75) is 25.4 Å². The summed E-state index contributed by atoms with van der Waals surface area (Å²) in [5.41, 5.74) is 0. The van der Waals surface area contributed by atoms with Crippen LogP contribution in [0.4, 0.5) is 0 Å². The van der Waals surface area contributed by atoms with E-state index in [1.807, 2.05) is 0 Å². The molecule has 1 aliphatic carbocycles. The zero-order chi connectivity index (χ0) is 14.7. The van der Waals surface area contributed by atoms with Crippen molar-refractivity contribution in [3.05, 3.63) is 42.1 Å². The zero-order valence-corrected chi connectivity index (χ0v) is 11.3. The predicted molar refractivity (Wildman–Crippen MR) is 71.5 cm³/mol. The molecule has 1 saturated carbocycles. The fourth-order valence-electron chi connectivity index (χ4n) is 1.83. The van der Waals surface area contributed by atoms with E-state index in [1.165, 1.54) is 6.07 Å². The lowest BCUT2D eigenvalue weighted by molar-refractivity contribution is -0.124. The molecule has 0 bridgehead atoms. The molecule has 21 heavy (non-hydrogen) atoms. The molecular weight excluding hydrogens is 274 g/mol. The van der Waals surface area contributed by atoms with Gasteiger partial charge in [-0.15, -0.1) is 0 Å². The van der Waals surface area contributed by atoms with Crippen LogP contribution in [0.25, 0.3) is 0 Å². The Morgan fingerprint density at radius 1 is 1.43 bits per heavy atom. The first kappa shape index (κ1) is 13.4. The minimum atomic E-state index is -0.646. The summed E-state index contributed by atoms with van der Waals surface area (Å²) in [5, 5.41) is 6.78. The van der Waals surface area contributed by atoms with Crippen LogP contribution in [0.5, 0.6) is 0 Å². The van der Waals surface area contributed by atoms with Crippen LogP contribution in [0.2, 0.25) is 0 Å². The van der Waals surface area contributed by atoms with E-state index in [4.69, 9.17) is 9.15 Å². The highest BCUT2D eigenvalue weighted by Gasteiger charge is 2.24. The summed E-state index contributed by atoms with van der Waals surface area (Å²) in [6, 6.07) is 5.26. The van der Waals surface area contributed by atoms with E-state index in [0.29, 0.717) is 12.3 Å². The van der Waals surface area contributed by atoms with E-state index in [-0.39, 0.29) is 24.3 Å². The van der Waals surface area contributed by atoms with Gasteiger partial charge in [0.15, 0.2) is 6.61 Å². The number of amides is 1. The van der Waals surface area contributed by atoms with Gasteiger partial charge in [0.1, 0.15) is 5.76 Å². The molecule has 110 valence electrons. The third-order valence-electron chi connectivity index (χ3n) is 3.02. The predicted octanol–water partition coefficient (Wildman–Crippen LogP) is 0.960. The molecule has 1 aliphatic rings. The van der Waals surface area contributed by atoms with Crippen molar-refractivity contribution in [1.82, 2.24) is 15.1 Å². The first-order valence-corrected chi connectivity index (χ1v) is 6.73. The first-order chi connectivity index (χ1) is 10.2. The van der Waals surface area contributed by atoms with Crippen molar-refractivity contribution >= 4 is 11.9 Å². The molecule has 7 heteroatoms. The molecule has 2 aromatic rings. The van der Waals surface area contributed by atoms with Gasteiger partial charge in [0.05, 0.1) is 6.54 Å². The lowest BCUT2D eigenvalue weighted by Gasteiger charge is -2.03. The molecule has 2 heterocycles. The second-order valence-corrected chi connectivity index (χ2v) is 4.89. The summed E-state index contributed by atoms with van der Waals surface area (Å²) in [4.78, 5) is 23.2. The summed E-state index contributed by atoms with van der Waals surface area (Å²) < 4.78 is 12.0. The standard InChI is InChI=1S/C14H15N3O4/c18-13(16-10-2-3-10)9-20-14(19)12-5-4-11(21-12)8-17-7-1-6-15-17/h1,4-7,10H,2-3,8-9H2,(H,16,18). The van der Waals surface area contributed by atoms with Gasteiger partial charge in [-0.25, -0.2) is 4.79 Å². The van der Waals surface area contributed by atoms with Gasteiger partial charge in [0, 0.05) is 18.4 Å². The Balaban J connectivity index is 1.50. The zero-order valence-electron chi connectivity index (χ0n) is 11.3. The summed E-state index contributed by atoms with van der Waals surface area (Å²) in [6.45, 7) is 0.146. The smallest absolute Gasteiger partial charge is 0.374 e. The number of furan rings is 1. The molecule has 0 aromatic carbocycles. The van der Waals surface area contributed by atoms with E-state index in [9.17, 15) is 9.59 Å². The Morgan fingerprint density at radius 2 is 2.29 bits per heavy atom. The maximum atomic E-state index is 11.7. The van der Waals surface area contributed by atoms with Crippen molar-refractivity contribution in [2.75, 3.05) is 6.61 Å². The van der Waals surface area contributed by atoms with Crippen LogP contribution in [-0.4, -0.2) is 34.3 Å². The van der Waals surface area contributed by atoms with E-state index in [1.54, 1.807) is 29.2 Å². The Morgan fingerprint density at radius 3 is 3.00 bits per heavy atom. The molecule has 1 amide bonds. The van der Waals surface area contributed by atoms with Gasteiger partial charge in [-0.2, -0.15) is 5.10 Å². The lowest BCUT2D eigenvalue weighted by atomic mass is 10.4. The number of hydrogen-bond acceptors (Lipinski definition) is 5. The highest BCUT2D eigenvalue weighted by atomic mass is 16.5. The molecule has 1 N–H and O–H groups in total. The maximum Gasteiger partial charge on any atom is 0.374 e. The topological polar surface area (TPSA) is 86.4 Å². The van der Waals surface area contributed by atoms with E-state index in [2.05, 4.69) is 10.4 Å². The second kappa shape index (κ2) is 5.82. The third kappa shape index (κ3) is 3.71. The lowest BCUT2D eigenvalue weighted by Crippen LogP contribution is -2.30. The third-order valence-corrected chi connectivity index (χ3v) is 3.02. The molecule has 0 saturated heterocycles. The number of nitrogens with zero attached hydrogens (tertiary/aromatic N) is 2. The molecule has 0 aliphatic heterocycles. The van der Waals surface area contributed by atoms with Crippen molar-refractivity contribution in [3.63, 3.8) is 0 Å². The number of rotatable bonds is 6. The van der Waals surface area contributed by atoms with E-state index in [0.717, 1.165) is 12.8 Å². The van der Waals surface area contributed by atoms with Gasteiger partial charge in [0.2, 0.25) is 5.76 Å². The van der Waals surface area contributed by atoms with Crippen LogP contribution in [0.3, 0.4) is 0 Å². The Bertz CT molecular complexity index is 628. The molecule has 1 fully saturated rings. The number of carbonyl (C=O) groups excluding carboxylic acids is 2. The summed E-state index contributed by atoms with van der Waals surface area (Å²) in [6.07, 6.45) is 5.45. The van der Waals surface area contributed by atoms with Gasteiger partial charge >= 0.3 is 5.97 Å². The fourth-order valence-corrected chi connectivity index (χ4v) is 1.83. The molecule has 0 atom stereocenters. The molecular formula is C14H15N3O4. The van der Waals surface area contributed by atoms with Crippen molar-refractivity contribution < 1.29 is 18.7 Å². The summed E-state index contributed by atoms with van der Waals surface area (Å²) >= 11 is 0. The summed E-state index contributed by atoms with van der Waals surface area (Å²) in [7, 11) is 0. The van der Waals surface area contributed by atoms with Crippen molar-refractivity contribution in [2.24, 2.45) is 0 Å². The van der Waals surface area contributed by atoms with Crippen molar-refractivity contribution in [1.29, 1.82) is 0 Å². The minimum absolute atomic E-state index is 0.0800. The van der Waals surface area contributed by atoms with Crippen LogP contribution in [0.15, 0.2) is 35.0 Å². The molecule has 0 radical (unpaired) electrons. The number of hydrogen-bond donors (Lipinski definition) is 1. The second-order valence-electron chi connectivity index (χ2n) is 4.89. The first-order valence-electron chi connectivity index (χ1n) is 6.73. The number of nitrogens with one attached hydrogen (secondary N) is 1. The largest absolute Gasteiger partial charge is 0.452 e. The fraction of sp³-hybridized carbons (Fsp3) is 0.357. The van der Waals surface area contributed by atoms with E-state index < -0.39 is 5.97 Å². The quantitative estimate of drug-likeness (QED) is 0.800. The number of ether oxygens (including phenoxy) is 1. The van der Waals surface area contributed by atoms with Crippen LogP contribution < -0.4 is 5.32 Å². The number of carbonyl (C=O) groups is 2. The molecule has 3 rings (SSSR count). The Kier molecular flexibility index (Phi) is 3.72. The van der Waals surface area contributed by atoms with E-state index >= 15 is 0 Å². The maximum absolute atomic E-state index is 11.7. The van der Waals surface area contributed by atoms with Crippen LogP contribution in [-0.2, 0) is 16.1 Å². The molecule has 2 aromatic heterocycles.